The van der Waals surface area contributed by atoms with Crippen LogP contribution in [0.5, 0.6) is 0 Å². The third-order valence-corrected chi connectivity index (χ3v) is 14.8. The number of fused-ring (bicyclic) bond motifs is 3. The fraction of sp³-hybridized carbons (Fsp3) is 0.455. The fourth-order valence-electron chi connectivity index (χ4n) is 8.65. The van der Waals surface area contributed by atoms with Gasteiger partial charge in [-0.1, -0.05) is 89.7 Å². The molecule has 0 saturated carbocycles. The molecule has 4 N–H and O–H groups in total. The second-order valence-corrected chi connectivity index (χ2v) is 22.2. The molecule has 4 amide bonds. The zero-order valence-corrected chi connectivity index (χ0v) is 36.2. The van der Waals surface area contributed by atoms with Gasteiger partial charge in [-0.2, -0.15) is 0 Å². The number of hydrogen-bond acceptors (Lipinski definition) is 8. The van der Waals surface area contributed by atoms with E-state index in [0.717, 1.165) is 81.1 Å². The molecule has 2 aliphatic rings. The molecule has 312 valence electrons. The predicted molar refractivity (Wildman–Crippen MR) is 230 cm³/mol. The van der Waals surface area contributed by atoms with Crippen LogP contribution in [0, 0.1) is 11.8 Å². The lowest BCUT2D eigenvalue weighted by Crippen LogP contribution is -2.52. The second-order valence-electron chi connectivity index (χ2n) is 17.2. The number of likely N-dealkylation sites (tertiary alicyclic amines) is 1. The van der Waals surface area contributed by atoms with Crippen LogP contribution in [0.15, 0.2) is 60.8 Å². The predicted octanol–water partition coefficient (Wildman–Crippen LogP) is 7.72. The van der Waals surface area contributed by atoms with Crippen molar-refractivity contribution in [3.05, 3.63) is 72.4 Å². The molecule has 2 fully saturated rings. The van der Waals surface area contributed by atoms with Gasteiger partial charge in [0.1, 0.15) is 23.7 Å². The molecule has 14 nitrogen and oxygen atoms in total. The molecular formula is C44H56N8O6Si. The zero-order valence-electron chi connectivity index (χ0n) is 35.2. The number of amides is 4. The molecule has 59 heavy (non-hydrogen) atoms. The number of nitrogens with zero attached hydrogens (tertiary/aromatic N) is 4. The van der Waals surface area contributed by atoms with E-state index in [4.69, 9.17) is 19.4 Å². The number of imidazole rings is 2. The van der Waals surface area contributed by atoms with Crippen LogP contribution in [0.4, 0.5) is 9.59 Å². The summed E-state index contributed by atoms with van der Waals surface area (Å²) in [5, 5.41) is 7.62. The van der Waals surface area contributed by atoms with Crippen LogP contribution >= 0.6 is 0 Å². The number of benzene rings is 3. The molecule has 2 aliphatic heterocycles. The van der Waals surface area contributed by atoms with Crippen LogP contribution in [-0.4, -0.2) is 101 Å². The SMILES string of the molecule is CC[C@H](C)[C@H](NC(=O)OC)C(=O)N1CCC[C@H]1c1ncc(-c2ccc(-c3ccc4c(ccc5nc([C@@H]6C[Si](C)(C)CN6C(=O)[C@@H](NC(=O)OC)C(C)C)[nH]c54)c3)cc2)[nH]1. The summed E-state index contributed by atoms with van der Waals surface area (Å²) in [5.74, 6) is 1.08. The Labute approximate surface area is 345 Å². The molecule has 0 spiro atoms. The Morgan fingerprint density at radius 1 is 0.831 bits per heavy atom. The minimum atomic E-state index is -1.77. The average molecular weight is 821 g/mol. The molecule has 15 heteroatoms. The number of hydrogen-bond donors (Lipinski definition) is 4. The molecule has 2 saturated heterocycles. The lowest BCUT2D eigenvalue weighted by Gasteiger charge is -2.30. The molecular weight excluding hydrogens is 765 g/mol. The lowest BCUT2D eigenvalue weighted by molar-refractivity contribution is -0.136. The standard InChI is InChI=1S/C44H56N8O6Si/c1-9-26(4)37(50-44(56)58-6)42(54)51-20-10-11-34(51)39-45-22-33(47-39)28-14-12-27(13-15-28)29-16-18-31-30(21-29)17-19-32-38(31)48-40(46-32)35-23-59(7,8)24-52(35)41(53)36(25(2)3)49-43(55)57-5/h12-19,21-22,25-26,34-37H,9-11,20,23-24H2,1-8H3,(H,45,47)(H,46,48)(H,49,55)(H,50,56)/t26-,34-,35-,36-,37-/m0/s1. The number of carbonyl (C=O) groups excluding carboxylic acids is 4. The van der Waals surface area contributed by atoms with Crippen molar-refractivity contribution in [3.63, 3.8) is 0 Å². The highest BCUT2D eigenvalue weighted by Crippen LogP contribution is 2.40. The summed E-state index contributed by atoms with van der Waals surface area (Å²) < 4.78 is 9.64. The first-order valence-corrected chi connectivity index (χ1v) is 24.0. The number of ether oxygens (including phenoxy) is 2. The van der Waals surface area contributed by atoms with Crippen LogP contribution in [0.3, 0.4) is 0 Å². The quantitative estimate of drug-likeness (QED) is 0.0981. The summed E-state index contributed by atoms with van der Waals surface area (Å²) in [6.45, 7) is 13.0. The first kappa shape index (κ1) is 41.5. The molecule has 0 aliphatic carbocycles. The number of nitrogens with one attached hydrogen (secondary N) is 4. The normalized spacial score (nSPS) is 19.2. The van der Waals surface area contributed by atoms with Crippen molar-refractivity contribution in [2.75, 3.05) is 26.9 Å². The van der Waals surface area contributed by atoms with Crippen molar-refractivity contribution in [2.45, 2.75) is 90.3 Å². The highest BCUT2D eigenvalue weighted by molar-refractivity contribution is 6.78. The number of H-pyrrole nitrogens is 2. The van der Waals surface area contributed by atoms with E-state index >= 15 is 0 Å². The van der Waals surface area contributed by atoms with Gasteiger partial charge in [0.25, 0.3) is 0 Å². The van der Waals surface area contributed by atoms with Gasteiger partial charge >= 0.3 is 12.2 Å². The summed E-state index contributed by atoms with van der Waals surface area (Å²) in [5.41, 5.74) is 5.75. The van der Waals surface area contributed by atoms with E-state index in [1.54, 1.807) is 0 Å². The van der Waals surface area contributed by atoms with E-state index < -0.39 is 32.3 Å². The van der Waals surface area contributed by atoms with Crippen molar-refractivity contribution < 1.29 is 28.7 Å². The molecule has 3 aromatic carbocycles. The maximum absolute atomic E-state index is 14.0. The first-order chi connectivity index (χ1) is 28.2. The topological polar surface area (TPSA) is 175 Å². The Kier molecular flexibility index (Phi) is 11.9. The summed E-state index contributed by atoms with van der Waals surface area (Å²) >= 11 is 0. The average Bonchev–Trinajstić information content (AvgIpc) is 4.06. The maximum atomic E-state index is 14.0. The molecule has 0 radical (unpaired) electrons. The van der Waals surface area contributed by atoms with Crippen LogP contribution in [0.1, 0.15) is 70.7 Å². The van der Waals surface area contributed by atoms with Gasteiger partial charge in [0, 0.05) is 18.1 Å². The van der Waals surface area contributed by atoms with Gasteiger partial charge in [-0.05, 0) is 64.9 Å². The number of alkyl carbamates (subject to hydrolysis) is 2. The lowest BCUT2D eigenvalue weighted by atomic mass is 9.97. The monoisotopic (exact) mass is 820 g/mol. The number of rotatable bonds is 11. The van der Waals surface area contributed by atoms with Gasteiger partial charge in [-0.3, -0.25) is 9.59 Å². The van der Waals surface area contributed by atoms with E-state index in [9.17, 15) is 19.2 Å². The summed E-state index contributed by atoms with van der Waals surface area (Å²) in [6, 6.07) is 17.9. The summed E-state index contributed by atoms with van der Waals surface area (Å²) in [6.07, 6.45) is 3.63. The van der Waals surface area contributed by atoms with E-state index in [1.807, 2.05) is 49.8 Å². The van der Waals surface area contributed by atoms with Gasteiger partial charge in [0.05, 0.1) is 57.3 Å². The smallest absolute Gasteiger partial charge is 0.407 e. The highest BCUT2D eigenvalue weighted by Gasteiger charge is 2.46. The Bertz CT molecular complexity index is 2360. The van der Waals surface area contributed by atoms with Gasteiger partial charge in [-0.25, -0.2) is 19.6 Å². The van der Waals surface area contributed by atoms with Gasteiger partial charge in [-0.15, -0.1) is 0 Å². The number of aromatic amines is 2. The van der Waals surface area contributed by atoms with Crippen LogP contribution in [0.2, 0.25) is 19.1 Å². The number of aromatic nitrogens is 4. The third kappa shape index (κ3) is 8.43. The van der Waals surface area contributed by atoms with Crippen LogP contribution in [0.25, 0.3) is 44.2 Å². The minimum Gasteiger partial charge on any atom is -0.453 e. The molecule has 0 unspecified atom stereocenters. The molecule has 5 aromatic rings. The Hall–Kier alpha value is -5.70. The Morgan fingerprint density at radius 2 is 1.49 bits per heavy atom. The van der Waals surface area contributed by atoms with Crippen LogP contribution < -0.4 is 10.6 Å². The minimum absolute atomic E-state index is 0.0565. The molecule has 2 aromatic heterocycles. The van der Waals surface area contributed by atoms with E-state index in [2.05, 4.69) is 82.2 Å². The molecule has 0 bridgehead atoms. The Morgan fingerprint density at radius 3 is 2.17 bits per heavy atom. The maximum Gasteiger partial charge on any atom is 0.407 e. The van der Waals surface area contributed by atoms with E-state index in [-0.39, 0.29) is 35.7 Å². The van der Waals surface area contributed by atoms with Gasteiger partial charge in [0.15, 0.2) is 0 Å². The second kappa shape index (κ2) is 16.9. The number of carbonyl (C=O) groups is 4. The molecule has 7 rings (SSSR count). The number of methoxy groups -OCH3 is 2. The van der Waals surface area contributed by atoms with Crippen molar-refractivity contribution in [1.82, 2.24) is 40.4 Å². The van der Waals surface area contributed by atoms with Crippen molar-refractivity contribution in [2.24, 2.45) is 11.8 Å². The van der Waals surface area contributed by atoms with E-state index in [1.165, 1.54) is 14.2 Å². The Balaban J connectivity index is 1.09. The first-order valence-electron chi connectivity index (χ1n) is 20.6. The fourth-order valence-corrected chi connectivity index (χ4v) is 11.5. The van der Waals surface area contributed by atoms with Crippen molar-refractivity contribution in [1.29, 1.82) is 0 Å². The van der Waals surface area contributed by atoms with Gasteiger partial charge < -0.3 is 39.9 Å². The summed E-state index contributed by atoms with van der Waals surface area (Å²) in [4.78, 5) is 72.6. The van der Waals surface area contributed by atoms with Crippen molar-refractivity contribution >= 4 is 53.9 Å². The van der Waals surface area contributed by atoms with Crippen LogP contribution in [-0.2, 0) is 19.1 Å². The largest absolute Gasteiger partial charge is 0.453 e. The van der Waals surface area contributed by atoms with Gasteiger partial charge in [0.2, 0.25) is 11.8 Å². The molecule has 5 atom stereocenters. The van der Waals surface area contributed by atoms with E-state index in [0.29, 0.717) is 12.7 Å². The summed E-state index contributed by atoms with van der Waals surface area (Å²) in [7, 11) is 0.831. The van der Waals surface area contributed by atoms with Crippen molar-refractivity contribution in [3.8, 4) is 22.4 Å². The highest BCUT2D eigenvalue weighted by atomic mass is 28.3. The third-order valence-electron chi connectivity index (χ3n) is 12.1. The zero-order chi connectivity index (χ0) is 42.2. The molecule has 4 heterocycles.